The first-order valence-electron chi connectivity index (χ1n) is 6.89. The summed E-state index contributed by atoms with van der Waals surface area (Å²) < 4.78 is 0. The Morgan fingerprint density at radius 1 is 1.29 bits per heavy atom. The van der Waals surface area contributed by atoms with Gasteiger partial charge in [-0.3, -0.25) is 9.89 Å². The van der Waals surface area contributed by atoms with E-state index in [1.54, 1.807) is 6.20 Å². The Hall–Kier alpha value is -2.38. The van der Waals surface area contributed by atoms with Gasteiger partial charge in [0.15, 0.2) is 5.65 Å². The number of fused-ring (bicyclic) bond motifs is 1. The van der Waals surface area contributed by atoms with Crippen LogP contribution >= 0.6 is 0 Å². The van der Waals surface area contributed by atoms with Crippen molar-refractivity contribution in [2.24, 2.45) is 0 Å². The van der Waals surface area contributed by atoms with Crippen LogP contribution in [0.15, 0.2) is 6.20 Å². The summed E-state index contributed by atoms with van der Waals surface area (Å²) in [7, 11) is 0. The van der Waals surface area contributed by atoms with Crippen LogP contribution in [0.25, 0.3) is 11.0 Å². The van der Waals surface area contributed by atoms with Crippen LogP contribution in [-0.2, 0) is 4.79 Å². The number of hydrogen-bond donors (Lipinski definition) is 4. The van der Waals surface area contributed by atoms with Crippen molar-refractivity contribution in [2.75, 3.05) is 23.7 Å². The summed E-state index contributed by atoms with van der Waals surface area (Å²) in [6.07, 6.45) is 1.63. The number of hydrogen-bond acceptors (Lipinski definition) is 6. The molecule has 0 aliphatic rings. The number of aromatic amines is 1. The molecular formula is C13H21N7O. The van der Waals surface area contributed by atoms with Crippen LogP contribution < -0.4 is 16.0 Å². The lowest BCUT2D eigenvalue weighted by Crippen LogP contribution is -2.43. The molecule has 0 spiro atoms. The number of aromatic nitrogens is 4. The van der Waals surface area contributed by atoms with E-state index in [0.29, 0.717) is 24.0 Å². The smallest absolute Gasteiger partial charge is 0.239 e. The van der Waals surface area contributed by atoms with Crippen molar-refractivity contribution in [1.29, 1.82) is 0 Å². The lowest BCUT2D eigenvalue weighted by Gasteiger charge is -2.20. The number of amides is 1. The molecule has 4 N–H and O–H groups in total. The van der Waals surface area contributed by atoms with Gasteiger partial charge in [0, 0.05) is 12.1 Å². The first kappa shape index (κ1) is 15.0. The summed E-state index contributed by atoms with van der Waals surface area (Å²) in [6.45, 7) is 8.63. The van der Waals surface area contributed by atoms with Crippen molar-refractivity contribution >= 4 is 28.7 Å². The van der Waals surface area contributed by atoms with Crippen LogP contribution in [0.5, 0.6) is 0 Å². The van der Waals surface area contributed by atoms with E-state index in [1.807, 2.05) is 27.7 Å². The minimum Gasteiger partial charge on any atom is -0.360 e. The fourth-order valence-corrected chi connectivity index (χ4v) is 1.83. The van der Waals surface area contributed by atoms with E-state index < -0.39 is 0 Å². The maximum atomic E-state index is 11.9. The zero-order valence-corrected chi connectivity index (χ0v) is 12.7. The molecule has 8 heteroatoms. The van der Waals surface area contributed by atoms with Crippen LogP contribution in [0, 0.1) is 0 Å². The van der Waals surface area contributed by atoms with Crippen molar-refractivity contribution in [3.63, 3.8) is 0 Å². The maximum Gasteiger partial charge on any atom is 0.239 e. The van der Waals surface area contributed by atoms with E-state index in [4.69, 9.17) is 0 Å². The van der Waals surface area contributed by atoms with Crippen molar-refractivity contribution in [3.05, 3.63) is 6.20 Å². The fourth-order valence-electron chi connectivity index (χ4n) is 1.83. The van der Waals surface area contributed by atoms with E-state index in [0.717, 1.165) is 5.39 Å². The summed E-state index contributed by atoms with van der Waals surface area (Å²) in [5.74, 6) is 0.976. The second-order valence-electron chi connectivity index (χ2n) is 5.71. The third-order valence-electron chi connectivity index (χ3n) is 2.58. The molecule has 0 bridgehead atoms. The summed E-state index contributed by atoms with van der Waals surface area (Å²) in [4.78, 5) is 20.5. The Balaban J connectivity index is 2.13. The number of rotatable bonds is 5. The number of nitrogens with zero attached hydrogens (tertiary/aromatic N) is 3. The minimum absolute atomic E-state index is 0.0947. The van der Waals surface area contributed by atoms with E-state index in [2.05, 4.69) is 36.1 Å². The van der Waals surface area contributed by atoms with Crippen molar-refractivity contribution in [1.82, 2.24) is 25.5 Å². The fraction of sp³-hybridized carbons (Fsp3) is 0.538. The molecule has 0 fully saturated rings. The summed E-state index contributed by atoms with van der Waals surface area (Å²) >= 11 is 0. The third kappa shape index (κ3) is 4.04. The summed E-state index contributed by atoms with van der Waals surface area (Å²) in [5.41, 5.74) is 0.365. The number of H-pyrrole nitrogens is 1. The van der Waals surface area contributed by atoms with E-state index >= 15 is 0 Å². The number of carbonyl (C=O) groups excluding carboxylic acids is 1. The molecule has 2 aromatic rings. The molecule has 21 heavy (non-hydrogen) atoms. The van der Waals surface area contributed by atoms with Gasteiger partial charge in [-0.05, 0) is 27.7 Å². The molecule has 0 aliphatic carbocycles. The van der Waals surface area contributed by atoms with Crippen molar-refractivity contribution in [2.45, 2.75) is 33.2 Å². The highest BCUT2D eigenvalue weighted by Gasteiger charge is 2.15. The minimum atomic E-state index is -0.260. The molecule has 114 valence electrons. The number of carbonyl (C=O) groups is 1. The van der Waals surface area contributed by atoms with Gasteiger partial charge < -0.3 is 16.0 Å². The number of nitrogens with one attached hydrogen (secondary N) is 4. The normalized spacial score (nSPS) is 11.4. The van der Waals surface area contributed by atoms with Gasteiger partial charge in [-0.25, -0.2) is 0 Å². The Labute approximate surface area is 123 Å². The van der Waals surface area contributed by atoms with Gasteiger partial charge in [0.05, 0.1) is 18.1 Å². The largest absolute Gasteiger partial charge is 0.360 e. The number of anilines is 2. The second kappa shape index (κ2) is 5.94. The SMILES string of the molecule is CCNc1nc(NCC(=O)NC(C)(C)C)c2cn[nH]c2n1. The highest BCUT2D eigenvalue weighted by atomic mass is 16.2. The van der Waals surface area contributed by atoms with Gasteiger partial charge in [0.2, 0.25) is 11.9 Å². The van der Waals surface area contributed by atoms with Crippen LogP contribution in [-0.4, -0.2) is 44.7 Å². The summed E-state index contributed by atoms with van der Waals surface area (Å²) in [6, 6.07) is 0. The molecule has 0 saturated heterocycles. The predicted molar refractivity (Wildman–Crippen MR) is 82.2 cm³/mol. The zero-order valence-electron chi connectivity index (χ0n) is 12.7. The molecule has 1 amide bonds. The van der Waals surface area contributed by atoms with E-state index in [9.17, 15) is 4.79 Å². The van der Waals surface area contributed by atoms with Crippen LogP contribution in [0.2, 0.25) is 0 Å². The van der Waals surface area contributed by atoms with Gasteiger partial charge in [0.1, 0.15) is 5.82 Å². The quantitative estimate of drug-likeness (QED) is 0.657. The molecule has 0 unspecified atom stereocenters. The second-order valence-corrected chi connectivity index (χ2v) is 5.71. The molecule has 0 saturated carbocycles. The first-order chi connectivity index (χ1) is 9.89. The monoisotopic (exact) mass is 291 g/mol. The molecule has 0 aromatic carbocycles. The van der Waals surface area contributed by atoms with Gasteiger partial charge >= 0.3 is 0 Å². The summed E-state index contributed by atoms with van der Waals surface area (Å²) in [5, 5.41) is 16.5. The predicted octanol–water partition coefficient (Wildman–Crippen LogP) is 1.11. The molecule has 0 atom stereocenters. The molecule has 0 aliphatic heterocycles. The Bertz CT molecular complexity index is 629. The van der Waals surface area contributed by atoms with Crippen molar-refractivity contribution in [3.8, 4) is 0 Å². The van der Waals surface area contributed by atoms with Gasteiger partial charge in [-0.1, -0.05) is 0 Å². The van der Waals surface area contributed by atoms with Gasteiger partial charge in [0.25, 0.3) is 0 Å². The standard InChI is InChI=1S/C13H21N7O/c1-5-14-12-17-10(8-6-16-20-11(8)18-12)15-7-9(21)19-13(2,3)4/h6H,5,7H2,1-4H3,(H,19,21)(H3,14,15,16,17,18,20). The van der Waals surface area contributed by atoms with E-state index in [-0.39, 0.29) is 18.0 Å². The average molecular weight is 291 g/mol. The molecule has 0 radical (unpaired) electrons. The van der Waals surface area contributed by atoms with E-state index in [1.165, 1.54) is 0 Å². The highest BCUT2D eigenvalue weighted by molar-refractivity contribution is 5.89. The Kier molecular flexibility index (Phi) is 4.25. The average Bonchev–Trinajstić information content (AvgIpc) is 2.82. The topological polar surface area (TPSA) is 108 Å². The molecule has 2 rings (SSSR count). The van der Waals surface area contributed by atoms with Crippen LogP contribution in [0.3, 0.4) is 0 Å². The third-order valence-corrected chi connectivity index (χ3v) is 2.58. The molecular weight excluding hydrogens is 270 g/mol. The first-order valence-corrected chi connectivity index (χ1v) is 6.89. The highest BCUT2D eigenvalue weighted by Crippen LogP contribution is 2.19. The van der Waals surface area contributed by atoms with Crippen LogP contribution in [0.1, 0.15) is 27.7 Å². The van der Waals surface area contributed by atoms with Crippen molar-refractivity contribution < 1.29 is 4.79 Å². The molecule has 2 aromatic heterocycles. The van der Waals surface area contributed by atoms with Gasteiger partial charge in [-0.15, -0.1) is 0 Å². The maximum absolute atomic E-state index is 11.9. The molecule has 8 nitrogen and oxygen atoms in total. The zero-order chi connectivity index (χ0) is 15.5. The lowest BCUT2D eigenvalue weighted by atomic mass is 10.1. The Morgan fingerprint density at radius 2 is 2.05 bits per heavy atom. The van der Waals surface area contributed by atoms with Crippen LogP contribution in [0.4, 0.5) is 11.8 Å². The van der Waals surface area contributed by atoms with Gasteiger partial charge in [-0.2, -0.15) is 15.1 Å². The lowest BCUT2D eigenvalue weighted by molar-refractivity contribution is -0.120. The molecule has 2 heterocycles. The Morgan fingerprint density at radius 3 is 2.71 bits per heavy atom.